The molecule has 3 aromatic heterocycles. The second-order valence-corrected chi connectivity index (χ2v) is 5.49. The standard InChI is InChI=1S/C16H17N5O3/c1-9-4-3-5-21-14(9)19-15-11(16(21)23)8-10(13(18)22)12(17)20(15)6-7-24-2/h3-5,8,17H,6-7H2,1-2H3,(H2,18,22)/p+1. The molecular formula is C16H18N5O3+. The molecule has 0 radical (unpaired) electrons. The molecule has 0 spiro atoms. The molecule has 0 fully saturated rings. The molecular weight excluding hydrogens is 310 g/mol. The van der Waals surface area contributed by atoms with E-state index in [4.69, 9.17) is 16.2 Å². The summed E-state index contributed by atoms with van der Waals surface area (Å²) in [5.74, 6) is -0.536. The van der Waals surface area contributed by atoms with Crippen LogP contribution in [0.15, 0.2) is 29.2 Å². The van der Waals surface area contributed by atoms with Crippen LogP contribution in [0, 0.1) is 6.92 Å². The largest absolute Gasteiger partial charge is 0.381 e. The lowest BCUT2D eigenvalue weighted by Gasteiger charge is -2.10. The van der Waals surface area contributed by atoms with E-state index in [0.29, 0.717) is 24.4 Å². The van der Waals surface area contributed by atoms with Gasteiger partial charge in [-0.2, -0.15) is 0 Å². The minimum absolute atomic E-state index is 0.0881. The SMILES string of the molecule is COCC[n+]1c(N)c(C(N)=O)cc2c(=O)n3cccc(C)c3nc21. The number of carbonyl (C=O) groups excluding carboxylic acids is 1. The Balaban J connectivity index is 2.50. The van der Waals surface area contributed by atoms with Gasteiger partial charge in [0.05, 0.1) is 13.2 Å². The topological polar surface area (TPSA) is 117 Å². The number of ether oxygens (including phenoxy) is 1. The summed E-state index contributed by atoms with van der Waals surface area (Å²) in [6.45, 7) is 2.56. The molecule has 0 unspecified atom stereocenters. The van der Waals surface area contributed by atoms with Gasteiger partial charge in [0, 0.05) is 18.9 Å². The number of nitrogen functional groups attached to an aromatic ring is 1. The van der Waals surface area contributed by atoms with E-state index in [-0.39, 0.29) is 22.3 Å². The van der Waals surface area contributed by atoms with Crippen molar-refractivity contribution in [1.29, 1.82) is 0 Å². The summed E-state index contributed by atoms with van der Waals surface area (Å²) in [6.07, 6.45) is 1.64. The van der Waals surface area contributed by atoms with Gasteiger partial charge in [0.15, 0.2) is 0 Å². The highest BCUT2D eigenvalue weighted by molar-refractivity contribution is 5.99. The summed E-state index contributed by atoms with van der Waals surface area (Å²) in [4.78, 5) is 29.1. The van der Waals surface area contributed by atoms with Crippen molar-refractivity contribution in [2.24, 2.45) is 5.73 Å². The first kappa shape index (κ1) is 15.9. The van der Waals surface area contributed by atoms with Crippen molar-refractivity contribution in [3.05, 3.63) is 45.9 Å². The third-order valence-corrected chi connectivity index (χ3v) is 3.96. The van der Waals surface area contributed by atoms with Gasteiger partial charge >= 0.3 is 0 Å². The molecule has 0 saturated heterocycles. The fraction of sp³-hybridized carbons (Fsp3) is 0.250. The van der Waals surface area contributed by atoms with E-state index in [9.17, 15) is 9.59 Å². The number of nitrogens with zero attached hydrogens (tertiary/aromatic N) is 3. The van der Waals surface area contributed by atoms with Gasteiger partial charge < -0.3 is 16.2 Å². The van der Waals surface area contributed by atoms with Gasteiger partial charge in [-0.15, -0.1) is 0 Å². The zero-order valence-corrected chi connectivity index (χ0v) is 13.4. The van der Waals surface area contributed by atoms with Crippen molar-refractivity contribution >= 4 is 28.4 Å². The van der Waals surface area contributed by atoms with E-state index >= 15 is 0 Å². The molecule has 24 heavy (non-hydrogen) atoms. The molecule has 3 rings (SSSR count). The number of fused-ring (bicyclic) bond motifs is 2. The van der Waals surface area contributed by atoms with E-state index in [0.717, 1.165) is 5.56 Å². The minimum Gasteiger partial charge on any atom is -0.381 e. The molecule has 0 atom stereocenters. The molecule has 0 saturated carbocycles. The number of pyridine rings is 2. The van der Waals surface area contributed by atoms with Gasteiger partial charge in [-0.05, 0) is 19.1 Å². The molecule has 124 valence electrons. The number of rotatable bonds is 4. The molecule has 4 N–H and O–H groups in total. The highest BCUT2D eigenvalue weighted by Crippen LogP contribution is 2.15. The van der Waals surface area contributed by atoms with E-state index in [1.54, 1.807) is 23.9 Å². The monoisotopic (exact) mass is 328 g/mol. The van der Waals surface area contributed by atoms with Crippen molar-refractivity contribution in [2.75, 3.05) is 19.5 Å². The summed E-state index contributed by atoms with van der Waals surface area (Å²) in [7, 11) is 1.55. The van der Waals surface area contributed by atoms with Crippen LogP contribution in [-0.4, -0.2) is 29.0 Å². The number of aromatic nitrogens is 3. The van der Waals surface area contributed by atoms with Gasteiger partial charge in [-0.3, -0.25) is 14.0 Å². The quantitative estimate of drug-likeness (QED) is 0.507. The Labute approximate surface area is 137 Å². The third-order valence-electron chi connectivity index (χ3n) is 3.96. The Bertz CT molecular complexity index is 1030. The van der Waals surface area contributed by atoms with Crippen LogP contribution in [0.25, 0.3) is 16.7 Å². The minimum atomic E-state index is -0.700. The Kier molecular flexibility index (Phi) is 3.90. The van der Waals surface area contributed by atoms with Crippen molar-refractivity contribution in [3.8, 4) is 0 Å². The number of carbonyl (C=O) groups is 1. The smallest absolute Gasteiger partial charge is 0.278 e. The molecule has 0 aliphatic rings. The fourth-order valence-corrected chi connectivity index (χ4v) is 2.72. The lowest BCUT2D eigenvalue weighted by molar-refractivity contribution is -0.660. The zero-order valence-electron chi connectivity index (χ0n) is 13.4. The van der Waals surface area contributed by atoms with Crippen LogP contribution < -0.4 is 21.6 Å². The molecule has 0 aliphatic heterocycles. The van der Waals surface area contributed by atoms with Crippen LogP contribution in [0.2, 0.25) is 0 Å². The summed E-state index contributed by atoms with van der Waals surface area (Å²) in [5, 5.41) is 0.275. The molecule has 3 aromatic rings. The molecule has 3 heterocycles. The zero-order chi connectivity index (χ0) is 17.4. The normalized spacial score (nSPS) is 11.2. The van der Waals surface area contributed by atoms with Crippen molar-refractivity contribution < 1.29 is 14.1 Å². The number of nitrogens with two attached hydrogens (primary N) is 2. The van der Waals surface area contributed by atoms with E-state index in [1.165, 1.54) is 10.5 Å². The summed E-state index contributed by atoms with van der Waals surface area (Å²) in [5.41, 5.74) is 13.1. The summed E-state index contributed by atoms with van der Waals surface area (Å²) < 4.78 is 8.12. The Hall–Kier alpha value is -3.00. The van der Waals surface area contributed by atoms with Crippen LogP contribution in [0.5, 0.6) is 0 Å². The highest BCUT2D eigenvalue weighted by Gasteiger charge is 2.23. The van der Waals surface area contributed by atoms with Crippen LogP contribution in [-0.2, 0) is 11.3 Å². The van der Waals surface area contributed by atoms with Crippen LogP contribution in [0.4, 0.5) is 5.82 Å². The maximum atomic E-state index is 12.8. The van der Waals surface area contributed by atoms with Crippen molar-refractivity contribution in [2.45, 2.75) is 13.5 Å². The lowest BCUT2D eigenvalue weighted by Crippen LogP contribution is -2.43. The third kappa shape index (κ3) is 2.37. The molecule has 0 aromatic carbocycles. The number of hydrogen-bond acceptors (Lipinski definition) is 5. The highest BCUT2D eigenvalue weighted by atomic mass is 16.5. The first-order valence-corrected chi connectivity index (χ1v) is 7.38. The predicted molar refractivity (Wildman–Crippen MR) is 88.7 cm³/mol. The Morgan fingerprint density at radius 1 is 1.46 bits per heavy atom. The molecule has 0 bridgehead atoms. The van der Waals surface area contributed by atoms with E-state index < -0.39 is 5.91 Å². The van der Waals surface area contributed by atoms with Crippen LogP contribution in [0.1, 0.15) is 15.9 Å². The molecule has 0 aliphatic carbocycles. The first-order valence-electron chi connectivity index (χ1n) is 7.38. The van der Waals surface area contributed by atoms with Crippen LogP contribution in [0.3, 0.4) is 0 Å². The molecule has 1 amide bonds. The van der Waals surface area contributed by atoms with E-state index in [2.05, 4.69) is 4.98 Å². The summed E-state index contributed by atoms with van der Waals surface area (Å²) >= 11 is 0. The van der Waals surface area contributed by atoms with Crippen molar-refractivity contribution in [1.82, 2.24) is 9.38 Å². The fourth-order valence-electron chi connectivity index (χ4n) is 2.72. The second kappa shape index (κ2) is 5.89. The van der Waals surface area contributed by atoms with Gasteiger partial charge in [0.25, 0.3) is 17.1 Å². The number of primary amides is 1. The second-order valence-electron chi connectivity index (χ2n) is 5.49. The van der Waals surface area contributed by atoms with E-state index in [1.807, 2.05) is 13.0 Å². The number of methoxy groups -OCH3 is 1. The molecule has 8 nitrogen and oxygen atoms in total. The number of hydrogen-bond donors (Lipinski definition) is 2. The average molecular weight is 328 g/mol. The molecule has 8 heteroatoms. The average Bonchev–Trinajstić information content (AvgIpc) is 2.55. The van der Waals surface area contributed by atoms with Crippen molar-refractivity contribution in [3.63, 3.8) is 0 Å². The number of anilines is 1. The summed E-state index contributed by atoms with van der Waals surface area (Å²) in [6, 6.07) is 5.04. The number of amides is 1. The number of aryl methyl sites for hydroxylation is 1. The van der Waals surface area contributed by atoms with Crippen LogP contribution >= 0.6 is 0 Å². The van der Waals surface area contributed by atoms with Gasteiger partial charge in [0.2, 0.25) is 11.5 Å². The van der Waals surface area contributed by atoms with Gasteiger partial charge in [-0.1, -0.05) is 11.1 Å². The van der Waals surface area contributed by atoms with Gasteiger partial charge in [-0.25, -0.2) is 4.57 Å². The Morgan fingerprint density at radius 2 is 2.21 bits per heavy atom. The Morgan fingerprint density at radius 3 is 2.88 bits per heavy atom. The lowest BCUT2D eigenvalue weighted by atomic mass is 10.2. The first-order chi connectivity index (χ1) is 11.5. The van der Waals surface area contributed by atoms with Gasteiger partial charge in [0.1, 0.15) is 10.9 Å². The maximum absolute atomic E-state index is 12.8. The maximum Gasteiger partial charge on any atom is 0.278 e. The predicted octanol–water partition coefficient (Wildman–Crippen LogP) is -0.229.